The van der Waals surface area contributed by atoms with Gasteiger partial charge in [-0.1, -0.05) is 57.3 Å². The Kier molecular flexibility index (Phi) is 7.92. The summed E-state index contributed by atoms with van der Waals surface area (Å²) in [5.74, 6) is 2.87. The minimum atomic E-state index is -4.82. The number of hydrogen-bond donors (Lipinski definition) is 0. The van der Waals surface area contributed by atoms with Crippen LogP contribution in [-0.2, 0) is 12.6 Å². The summed E-state index contributed by atoms with van der Waals surface area (Å²) in [5, 5.41) is 0. The zero-order valence-electron chi connectivity index (χ0n) is 18.0. The van der Waals surface area contributed by atoms with Gasteiger partial charge in [0.15, 0.2) is 0 Å². The molecule has 2 aromatic carbocycles. The van der Waals surface area contributed by atoms with Gasteiger partial charge in [0.1, 0.15) is 17.5 Å². The van der Waals surface area contributed by atoms with Crippen LogP contribution in [0.15, 0.2) is 30.3 Å². The van der Waals surface area contributed by atoms with Gasteiger partial charge in [-0.25, -0.2) is 13.2 Å². The molecule has 0 aliphatic heterocycles. The molecule has 1 fully saturated rings. The van der Waals surface area contributed by atoms with Crippen molar-refractivity contribution in [2.75, 3.05) is 0 Å². The topological polar surface area (TPSA) is 0 Å². The molecule has 0 unspecified atom stereocenters. The van der Waals surface area contributed by atoms with Crippen molar-refractivity contribution in [3.05, 3.63) is 70.0 Å². The third-order valence-corrected chi connectivity index (χ3v) is 6.21. The Hall–Kier alpha value is -2.42. The van der Waals surface area contributed by atoms with Crippen molar-refractivity contribution in [2.45, 2.75) is 64.5 Å². The van der Waals surface area contributed by atoms with Gasteiger partial charge in [0.05, 0.1) is 11.1 Å². The van der Waals surface area contributed by atoms with E-state index in [1.165, 1.54) is 37.8 Å². The van der Waals surface area contributed by atoms with E-state index in [2.05, 4.69) is 18.8 Å². The molecule has 0 amide bonds. The lowest BCUT2D eigenvalue weighted by Gasteiger charge is -2.28. The molecule has 0 radical (unpaired) electrons. The standard InChI is InChI=1S/C26H26F6/c1-2-3-17-4-6-18(7-5-17)8-9-20-15-23(27)21(24(28)16-20)12-10-19-11-13-22(25(29)14-19)26(30,31)32/h11,13-18H,2-9H2,1H3/t17-,18-. The number of alkyl halides is 3. The van der Waals surface area contributed by atoms with Gasteiger partial charge in [0.25, 0.3) is 0 Å². The summed E-state index contributed by atoms with van der Waals surface area (Å²) in [7, 11) is 0. The molecule has 0 bridgehead atoms. The summed E-state index contributed by atoms with van der Waals surface area (Å²) in [6, 6.07) is 4.64. The monoisotopic (exact) mass is 452 g/mol. The highest BCUT2D eigenvalue weighted by atomic mass is 19.4. The lowest BCUT2D eigenvalue weighted by atomic mass is 9.78. The lowest BCUT2D eigenvalue weighted by Crippen LogP contribution is -2.15. The van der Waals surface area contributed by atoms with Gasteiger partial charge in [-0.15, -0.1) is 0 Å². The third kappa shape index (κ3) is 6.31. The zero-order chi connectivity index (χ0) is 23.3. The summed E-state index contributed by atoms with van der Waals surface area (Å²) in [5.41, 5.74) is -1.43. The van der Waals surface area contributed by atoms with Gasteiger partial charge in [0, 0.05) is 5.56 Å². The van der Waals surface area contributed by atoms with Crippen LogP contribution in [0.2, 0.25) is 0 Å². The minimum Gasteiger partial charge on any atom is -0.206 e. The van der Waals surface area contributed by atoms with Crippen LogP contribution in [0, 0.1) is 41.1 Å². The highest BCUT2D eigenvalue weighted by Gasteiger charge is 2.33. The van der Waals surface area contributed by atoms with Crippen LogP contribution in [0.4, 0.5) is 26.3 Å². The first-order valence-corrected chi connectivity index (χ1v) is 11.0. The molecule has 3 rings (SSSR count). The summed E-state index contributed by atoms with van der Waals surface area (Å²) in [6.45, 7) is 2.20. The predicted octanol–water partition coefficient (Wildman–Crippen LogP) is 8.06. The second-order valence-electron chi connectivity index (χ2n) is 8.59. The van der Waals surface area contributed by atoms with Crippen molar-refractivity contribution in [1.29, 1.82) is 0 Å². The van der Waals surface area contributed by atoms with Crippen molar-refractivity contribution in [1.82, 2.24) is 0 Å². The molecule has 0 spiro atoms. The first-order chi connectivity index (χ1) is 15.2. The second-order valence-corrected chi connectivity index (χ2v) is 8.59. The fraction of sp³-hybridized carbons (Fsp3) is 0.462. The summed E-state index contributed by atoms with van der Waals surface area (Å²) in [4.78, 5) is 0. The molecule has 0 heterocycles. The van der Waals surface area contributed by atoms with Gasteiger partial charge >= 0.3 is 6.18 Å². The van der Waals surface area contributed by atoms with Crippen LogP contribution in [0.1, 0.15) is 74.1 Å². The van der Waals surface area contributed by atoms with Gasteiger partial charge in [-0.05, 0) is 60.6 Å². The molecule has 0 atom stereocenters. The second kappa shape index (κ2) is 10.5. The van der Waals surface area contributed by atoms with Crippen LogP contribution in [0.3, 0.4) is 0 Å². The number of halogens is 6. The molecule has 1 aliphatic carbocycles. The molecule has 6 heteroatoms. The molecule has 32 heavy (non-hydrogen) atoms. The van der Waals surface area contributed by atoms with Crippen LogP contribution in [0.25, 0.3) is 0 Å². The summed E-state index contributed by atoms with van der Waals surface area (Å²) >= 11 is 0. The highest BCUT2D eigenvalue weighted by molar-refractivity contribution is 5.46. The van der Waals surface area contributed by atoms with Crippen molar-refractivity contribution in [3.8, 4) is 11.8 Å². The van der Waals surface area contributed by atoms with Crippen molar-refractivity contribution < 1.29 is 26.3 Å². The summed E-state index contributed by atoms with van der Waals surface area (Å²) < 4.78 is 80.4. The molecule has 172 valence electrons. The fourth-order valence-electron chi connectivity index (χ4n) is 4.43. The quantitative estimate of drug-likeness (QED) is 0.318. The van der Waals surface area contributed by atoms with Crippen LogP contribution in [0.5, 0.6) is 0 Å². The van der Waals surface area contributed by atoms with Crippen LogP contribution >= 0.6 is 0 Å². The van der Waals surface area contributed by atoms with E-state index in [9.17, 15) is 26.3 Å². The van der Waals surface area contributed by atoms with E-state index in [4.69, 9.17) is 0 Å². The first kappa shape index (κ1) is 24.2. The molecule has 1 saturated carbocycles. The molecule has 1 aliphatic rings. The predicted molar refractivity (Wildman–Crippen MR) is 112 cm³/mol. The normalized spacial score (nSPS) is 18.8. The molecule has 0 N–H and O–H groups in total. The molecular formula is C26H26F6. The number of aryl methyl sites for hydroxylation is 1. The fourth-order valence-corrected chi connectivity index (χ4v) is 4.43. The van der Waals surface area contributed by atoms with Crippen molar-refractivity contribution in [3.63, 3.8) is 0 Å². The number of benzene rings is 2. The largest absolute Gasteiger partial charge is 0.419 e. The average Bonchev–Trinajstić information content (AvgIpc) is 2.72. The molecular weight excluding hydrogens is 426 g/mol. The highest BCUT2D eigenvalue weighted by Crippen LogP contribution is 2.34. The van der Waals surface area contributed by atoms with E-state index in [-0.39, 0.29) is 5.56 Å². The first-order valence-electron chi connectivity index (χ1n) is 11.0. The van der Waals surface area contributed by atoms with E-state index in [0.29, 0.717) is 30.0 Å². The maximum absolute atomic E-state index is 14.4. The number of rotatable bonds is 5. The van der Waals surface area contributed by atoms with E-state index in [1.807, 2.05) is 0 Å². The van der Waals surface area contributed by atoms with Crippen LogP contribution in [-0.4, -0.2) is 0 Å². The van der Waals surface area contributed by atoms with E-state index >= 15 is 0 Å². The smallest absolute Gasteiger partial charge is 0.206 e. The van der Waals surface area contributed by atoms with Gasteiger partial charge in [-0.2, -0.15) is 13.2 Å². The Morgan fingerprint density at radius 2 is 1.41 bits per heavy atom. The Balaban J connectivity index is 1.65. The SMILES string of the molecule is CCC[C@H]1CC[C@H](CCc2cc(F)c(C#Cc3ccc(C(F)(F)F)c(F)c3)c(F)c2)CC1. The Labute approximate surface area is 185 Å². The van der Waals surface area contributed by atoms with Gasteiger partial charge in [-0.3, -0.25) is 0 Å². The van der Waals surface area contributed by atoms with E-state index < -0.39 is 34.8 Å². The average molecular weight is 452 g/mol. The van der Waals surface area contributed by atoms with Crippen molar-refractivity contribution in [2.24, 2.45) is 11.8 Å². The van der Waals surface area contributed by atoms with E-state index in [1.54, 1.807) is 0 Å². The Morgan fingerprint density at radius 1 is 0.812 bits per heavy atom. The lowest BCUT2D eigenvalue weighted by molar-refractivity contribution is -0.140. The van der Waals surface area contributed by atoms with Crippen molar-refractivity contribution >= 4 is 0 Å². The number of hydrogen-bond acceptors (Lipinski definition) is 0. The van der Waals surface area contributed by atoms with Crippen LogP contribution < -0.4 is 0 Å². The van der Waals surface area contributed by atoms with Gasteiger partial charge in [0.2, 0.25) is 0 Å². The maximum Gasteiger partial charge on any atom is 0.419 e. The maximum atomic E-state index is 14.4. The molecule has 0 saturated heterocycles. The Bertz CT molecular complexity index is 965. The third-order valence-electron chi connectivity index (χ3n) is 6.21. The summed E-state index contributed by atoms with van der Waals surface area (Å²) in [6.07, 6.45) is 3.87. The molecule has 2 aromatic rings. The molecule has 0 aromatic heterocycles. The Morgan fingerprint density at radius 3 is 1.94 bits per heavy atom. The minimum absolute atomic E-state index is 0.1000. The van der Waals surface area contributed by atoms with E-state index in [0.717, 1.165) is 31.2 Å². The van der Waals surface area contributed by atoms with Gasteiger partial charge < -0.3 is 0 Å². The zero-order valence-corrected chi connectivity index (χ0v) is 18.0. The molecule has 0 nitrogen and oxygen atoms in total.